The van der Waals surface area contributed by atoms with E-state index in [1.54, 1.807) is 17.2 Å². The Bertz CT molecular complexity index is 967. The van der Waals surface area contributed by atoms with E-state index in [0.29, 0.717) is 24.6 Å². The van der Waals surface area contributed by atoms with E-state index < -0.39 is 4.92 Å². The predicted octanol–water partition coefficient (Wildman–Crippen LogP) is 3.86. The second kappa shape index (κ2) is 9.60. The highest BCUT2D eigenvalue weighted by Gasteiger charge is 2.17. The molecule has 30 heavy (non-hydrogen) atoms. The fourth-order valence-electron chi connectivity index (χ4n) is 2.84. The molecule has 3 aromatic rings. The highest BCUT2D eigenvalue weighted by atomic mass is 16.6. The molecule has 0 fully saturated rings. The number of nitro benzene ring substituents is 1. The quantitative estimate of drug-likeness (QED) is 0.394. The summed E-state index contributed by atoms with van der Waals surface area (Å²) in [5.41, 5.74) is 2.02. The van der Waals surface area contributed by atoms with Gasteiger partial charge in [-0.2, -0.15) is 0 Å². The van der Waals surface area contributed by atoms with Crippen molar-refractivity contribution in [2.24, 2.45) is 0 Å². The van der Waals surface area contributed by atoms with Crippen molar-refractivity contribution >= 4 is 17.3 Å². The Hall–Kier alpha value is -3.81. The third-order valence-electron chi connectivity index (χ3n) is 4.52. The molecule has 0 aliphatic heterocycles. The molecule has 0 atom stereocenters. The number of furan rings is 1. The Labute approximate surface area is 174 Å². The zero-order valence-corrected chi connectivity index (χ0v) is 16.9. The van der Waals surface area contributed by atoms with Gasteiger partial charge in [-0.25, -0.2) is 0 Å². The Balaban J connectivity index is 1.67. The lowest BCUT2D eigenvalue weighted by Crippen LogP contribution is -2.34. The summed E-state index contributed by atoms with van der Waals surface area (Å²) in [6.45, 7) is 0.524. The molecule has 0 spiro atoms. The van der Waals surface area contributed by atoms with Gasteiger partial charge in [0.15, 0.2) is 6.61 Å². The Morgan fingerprint density at radius 1 is 1.03 bits per heavy atom. The first-order valence-corrected chi connectivity index (χ1v) is 9.36. The largest absolute Gasteiger partial charge is 0.484 e. The van der Waals surface area contributed by atoms with Gasteiger partial charge in [-0.1, -0.05) is 12.1 Å². The molecule has 0 N–H and O–H groups in total. The van der Waals surface area contributed by atoms with Gasteiger partial charge in [0.25, 0.3) is 11.6 Å². The van der Waals surface area contributed by atoms with Crippen LogP contribution in [0.1, 0.15) is 11.3 Å². The molecule has 8 heteroatoms. The van der Waals surface area contributed by atoms with E-state index >= 15 is 0 Å². The maximum atomic E-state index is 12.8. The highest BCUT2D eigenvalue weighted by Crippen LogP contribution is 2.19. The van der Waals surface area contributed by atoms with Crippen LogP contribution in [0.15, 0.2) is 71.3 Å². The molecule has 1 amide bonds. The summed E-state index contributed by atoms with van der Waals surface area (Å²) in [4.78, 5) is 26.8. The van der Waals surface area contributed by atoms with Crippen molar-refractivity contribution in [2.45, 2.75) is 13.1 Å². The van der Waals surface area contributed by atoms with E-state index in [9.17, 15) is 14.9 Å². The zero-order valence-electron chi connectivity index (χ0n) is 16.9. The van der Waals surface area contributed by atoms with Crippen molar-refractivity contribution in [3.63, 3.8) is 0 Å². The van der Waals surface area contributed by atoms with Gasteiger partial charge in [0, 0.05) is 38.5 Å². The lowest BCUT2D eigenvalue weighted by Gasteiger charge is -2.22. The summed E-state index contributed by atoms with van der Waals surface area (Å²) < 4.78 is 10.9. The van der Waals surface area contributed by atoms with Crippen LogP contribution in [0.3, 0.4) is 0 Å². The summed E-state index contributed by atoms with van der Waals surface area (Å²) in [5.74, 6) is 0.840. The fraction of sp³-hybridized carbons (Fsp3) is 0.227. The molecule has 0 saturated heterocycles. The van der Waals surface area contributed by atoms with Crippen molar-refractivity contribution < 1.29 is 18.9 Å². The van der Waals surface area contributed by atoms with Gasteiger partial charge in [0.05, 0.1) is 17.7 Å². The van der Waals surface area contributed by atoms with E-state index in [4.69, 9.17) is 9.15 Å². The number of hydrogen-bond donors (Lipinski definition) is 0. The van der Waals surface area contributed by atoms with E-state index in [2.05, 4.69) is 0 Å². The molecular weight excluding hydrogens is 386 g/mol. The minimum atomic E-state index is -0.485. The van der Waals surface area contributed by atoms with E-state index in [1.807, 2.05) is 49.3 Å². The normalized spacial score (nSPS) is 10.5. The summed E-state index contributed by atoms with van der Waals surface area (Å²) in [5, 5.41) is 10.7. The summed E-state index contributed by atoms with van der Waals surface area (Å²) in [7, 11) is 3.94. The van der Waals surface area contributed by atoms with Crippen LogP contribution in [0, 0.1) is 10.1 Å². The Morgan fingerprint density at radius 2 is 1.73 bits per heavy atom. The first kappa shape index (κ1) is 20.9. The maximum Gasteiger partial charge on any atom is 0.269 e. The van der Waals surface area contributed by atoms with Crippen molar-refractivity contribution in [3.8, 4) is 5.75 Å². The molecule has 0 unspecified atom stereocenters. The second-order valence-corrected chi connectivity index (χ2v) is 6.93. The molecular formula is C22H23N3O5. The molecule has 0 aliphatic rings. The average molecular weight is 409 g/mol. The molecule has 2 aromatic carbocycles. The molecule has 3 rings (SSSR count). The van der Waals surface area contributed by atoms with Crippen LogP contribution < -0.4 is 9.64 Å². The number of nitrogens with zero attached hydrogens (tertiary/aromatic N) is 3. The molecule has 0 saturated carbocycles. The Morgan fingerprint density at radius 3 is 2.30 bits per heavy atom. The number of amides is 1. The van der Waals surface area contributed by atoms with Crippen molar-refractivity contribution in [2.75, 3.05) is 25.6 Å². The van der Waals surface area contributed by atoms with Crippen LogP contribution in [0.4, 0.5) is 11.4 Å². The van der Waals surface area contributed by atoms with Gasteiger partial charge >= 0.3 is 0 Å². The molecule has 156 valence electrons. The topological polar surface area (TPSA) is 89.1 Å². The van der Waals surface area contributed by atoms with Gasteiger partial charge in [-0.3, -0.25) is 14.9 Å². The van der Waals surface area contributed by atoms with E-state index in [-0.39, 0.29) is 18.2 Å². The van der Waals surface area contributed by atoms with Gasteiger partial charge in [0.2, 0.25) is 0 Å². The van der Waals surface area contributed by atoms with E-state index in [0.717, 1.165) is 11.3 Å². The third-order valence-corrected chi connectivity index (χ3v) is 4.52. The summed E-state index contributed by atoms with van der Waals surface area (Å²) in [6, 6.07) is 17.2. The number of benzene rings is 2. The minimum absolute atomic E-state index is 0.0331. The smallest absolute Gasteiger partial charge is 0.269 e. The fourth-order valence-corrected chi connectivity index (χ4v) is 2.84. The van der Waals surface area contributed by atoms with Gasteiger partial charge < -0.3 is 19.0 Å². The van der Waals surface area contributed by atoms with Crippen LogP contribution in [-0.2, 0) is 17.9 Å². The molecule has 0 aliphatic carbocycles. The van der Waals surface area contributed by atoms with Gasteiger partial charge in [-0.05, 0) is 42.0 Å². The van der Waals surface area contributed by atoms with Crippen molar-refractivity contribution in [1.82, 2.24) is 4.90 Å². The predicted molar refractivity (Wildman–Crippen MR) is 112 cm³/mol. The number of anilines is 1. The standard InChI is InChI=1S/C22H23N3O5/c1-23(2)18-7-5-17(6-8-18)14-24(15-21-4-3-13-29-21)22(26)16-30-20-11-9-19(10-12-20)25(27)28/h3-13H,14-16H2,1-2H3. The number of ether oxygens (including phenoxy) is 1. The molecule has 8 nitrogen and oxygen atoms in total. The molecule has 1 aromatic heterocycles. The van der Waals surface area contributed by atoms with Gasteiger partial charge in [0.1, 0.15) is 11.5 Å². The minimum Gasteiger partial charge on any atom is -0.484 e. The monoisotopic (exact) mass is 409 g/mol. The van der Waals surface area contributed by atoms with Crippen LogP contribution in [0.5, 0.6) is 5.75 Å². The summed E-state index contributed by atoms with van der Waals surface area (Å²) in [6.07, 6.45) is 1.57. The number of rotatable bonds is 9. The highest BCUT2D eigenvalue weighted by molar-refractivity contribution is 5.77. The van der Waals surface area contributed by atoms with Crippen molar-refractivity contribution in [1.29, 1.82) is 0 Å². The summed E-state index contributed by atoms with van der Waals surface area (Å²) >= 11 is 0. The van der Waals surface area contributed by atoms with E-state index in [1.165, 1.54) is 24.3 Å². The average Bonchev–Trinajstić information content (AvgIpc) is 3.25. The molecule has 0 radical (unpaired) electrons. The molecule has 1 heterocycles. The van der Waals surface area contributed by atoms with Crippen LogP contribution >= 0.6 is 0 Å². The number of carbonyl (C=O) groups is 1. The third kappa shape index (κ3) is 5.60. The second-order valence-electron chi connectivity index (χ2n) is 6.93. The first-order chi connectivity index (χ1) is 14.4. The number of nitro groups is 1. The lowest BCUT2D eigenvalue weighted by molar-refractivity contribution is -0.384. The van der Waals surface area contributed by atoms with Crippen LogP contribution in [-0.4, -0.2) is 36.4 Å². The zero-order chi connectivity index (χ0) is 21.5. The number of non-ortho nitro benzene ring substituents is 1. The first-order valence-electron chi connectivity index (χ1n) is 9.36. The SMILES string of the molecule is CN(C)c1ccc(CN(Cc2ccco2)C(=O)COc2ccc([N+](=O)[O-])cc2)cc1. The maximum absolute atomic E-state index is 12.8. The van der Waals surface area contributed by atoms with Crippen LogP contribution in [0.2, 0.25) is 0 Å². The lowest BCUT2D eigenvalue weighted by atomic mass is 10.2. The number of hydrogen-bond acceptors (Lipinski definition) is 6. The Kier molecular flexibility index (Phi) is 6.69. The molecule has 0 bridgehead atoms. The van der Waals surface area contributed by atoms with Crippen LogP contribution in [0.25, 0.3) is 0 Å². The number of carbonyl (C=O) groups excluding carboxylic acids is 1. The van der Waals surface area contributed by atoms with Gasteiger partial charge in [-0.15, -0.1) is 0 Å². The van der Waals surface area contributed by atoms with Crippen molar-refractivity contribution in [3.05, 3.63) is 88.4 Å².